The molecule has 2 aliphatic rings. The number of carbonyl (C=O) groups excluding carboxylic acids is 3. The van der Waals surface area contributed by atoms with Gasteiger partial charge in [0.2, 0.25) is 0 Å². The molecule has 6 rings (SSSR count). The Morgan fingerprint density at radius 1 is 0.926 bits per heavy atom. The second-order valence-electron chi connectivity index (χ2n) is 17.1. The van der Waals surface area contributed by atoms with Crippen molar-refractivity contribution in [3.05, 3.63) is 47.0 Å². The van der Waals surface area contributed by atoms with E-state index in [0.29, 0.717) is 22.3 Å². The number of anilines is 2. The lowest BCUT2D eigenvalue weighted by molar-refractivity contribution is 0.0182. The summed E-state index contributed by atoms with van der Waals surface area (Å²) in [4.78, 5) is 57.1. The number of hydrogen-bond donors (Lipinski definition) is 0. The molecule has 0 unspecified atom stereocenters. The van der Waals surface area contributed by atoms with Crippen molar-refractivity contribution in [3.8, 4) is 22.7 Å². The van der Waals surface area contributed by atoms with E-state index in [1.54, 1.807) is 55.6 Å². The molecule has 3 amide bonds. The first-order chi connectivity index (χ1) is 25.2. The summed E-state index contributed by atoms with van der Waals surface area (Å²) in [5.74, 6) is 3.69. The number of imide groups is 1. The van der Waals surface area contributed by atoms with Crippen LogP contribution in [0.2, 0.25) is 19.6 Å². The predicted octanol–water partition coefficient (Wildman–Crippen LogP) is 8.88. The Labute approximate surface area is 323 Å². The molecule has 1 saturated heterocycles. The van der Waals surface area contributed by atoms with E-state index >= 15 is 0 Å². The molecule has 286 valence electrons. The van der Waals surface area contributed by atoms with Gasteiger partial charge >= 0.3 is 12.2 Å². The van der Waals surface area contributed by atoms with Gasteiger partial charge in [-0.1, -0.05) is 25.6 Å². The van der Waals surface area contributed by atoms with Crippen LogP contribution >= 0.6 is 11.3 Å². The van der Waals surface area contributed by atoms with Crippen LogP contribution in [0.1, 0.15) is 76.7 Å². The van der Waals surface area contributed by atoms with Crippen LogP contribution in [0.5, 0.6) is 0 Å². The van der Waals surface area contributed by atoms with Crippen LogP contribution in [0, 0.1) is 11.5 Å². The van der Waals surface area contributed by atoms with Crippen molar-refractivity contribution in [3.63, 3.8) is 0 Å². The molecule has 0 aliphatic carbocycles. The van der Waals surface area contributed by atoms with Gasteiger partial charge in [0.1, 0.15) is 35.7 Å². The first-order valence-corrected chi connectivity index (χ1v) is 22.8. The maximum Gasteiger partial charge on any atom is 0.417 e. The summed E-state index contributed by atoms with van der Waals surface area (Å²) in [5, 5.41) is 1.46. The number of amides is 3. The molecule has 54 heavy (non-hydrogen) atoms. The maximum atomic E-state index is 14.3. The molecule has 0 spiro atoms. The Bertz CT molecular complexity index is 2180. The van der Waals surface area contributed by atoms with E-state index in [1.165, 1.54) is 16.2 Å². The van der Waals surface area contributed by atoms with Crippen molar-refractivity contribution in [1.82, 2.24) is 14.9 Å². The molecular weight excluding hydrogens is 719 g/mol. The summed E-state index contributed by atoms with van der Waals surface area (Å²) in [6.45, 7) is 20.7. The maximum absolute atomic E-state index is 14.3. The van der Waals surface area contributed by atoms with E-state index in [-0.39, 0.29) is 17.5 Å². The summed E-state index contributed by atoms with van der Waals surface area (Å²) in [7, 11) is 0.0934. The van der Waals surface area contributed by atoms with Crippen LogP contribution in [0.3, 0.4) is 0 Å². The fourth-order valence-corrected chi connectivity index (χ4v) is 8.28. The molecule has 13 heteroatoms. The van der Waals surface area contributed by atoms with E-state index < -0.39 is 43.4 Å². The van der Waals surface area contributed by atoms with Crippen LogP contribution < -0.4 is 9.80 Å². The number of thiophene rings is 1. The van der Waals surface area contributed by atoms with Gasteiger partial charge in [-0.25, -0.2) is 24.5 Å². The topological polar surface area (TPSA) is 114 Å². The number of nitrogens with zero attached hydrogens (tertiary/aromatic N) is 5. The number of ether oxygens (including phenoxy) is 3. The summed E-state index contributed by atoms with van der Waals surface area (Å²) in [6, 6.07) is 11.2. The number of piperidine rings is 1. The van der Waals surface area contributed by atoms with Crippen molar-refractivity contribution in [1.29, 1.82) is 0 Å². The van der Waals surface area contributed by atoms with E-state index in [1.807, 2.05) is 30.3 Å². The molecule has 3 aromatic heterocycles. The van der Waals surface area contributed by atoms with Crippen LogP contribution in [-0.4, -0.2) is 91.1 Å². The normalized spacial score (nSPS) is 17.3. The smallest absolute Gasteiger partial charge is 0.417 e. The zero-order valence-electron chi connectivity index (χ0n) is 33.2. The molecule has 1 atom stereocenters. The van der Waals surface area contributed by atoms with Gasteiger partial charge in [-0.15, -0.1) is 16.9 Å². The minimum Gasteiger partial charge on any atom is -0.443 e. The average molecular weight is 770 g/mol. The summed E-state index contributed by atoms with van der Waals surface area (Å²) in [6.07, 6.45) is 0.711. The summed E-state index contributed by atoms with van der Waals surface area (Å²) in [5.41, 5.74) is 5.28. The van der Waals surface area contributed by atoms with Gasteiger partial charge in [0.15, 0.2) is 0 Å². The number of benzene rings is 1. The molecular formula is C41H51N5O6SSi. The monoisotopic (exact) mass is 769 g/mol. The van der Waals surface area contributed by atoms with Crippen molar-refractivity contribution in [2.75, 3.05) is 36.5 Å². The lowest BCUT2D eigenvalue weighted by Crippen LogP contribution is -2.49. The van der Waals surface area contributed by atoms with Gasteiger partial charge in [-0.3, -0.25) is 9.69 Å². The average Bonchev–Trinajstić information content (AvgIpc) is 3.43. The summed E-state index contributed by atoms with van der Waals surface area (Å²) < 4.78 is 17.9. The highest BCUT2D eigenvalue weighted by atomic mass is 32.1. The Hall–Kier alpha value is -4.51. The van der Waals surface area contributed by atoms with Crippen LogP contribution in [0.4, 0.5) is 21.1 Å². The van der Waals surface area contributed by atoms with Crippen LogP contribution in [-0.2, 0) is 14.2 Å². The quantitative estimate of drug-likeness (QED) is 0.149. The molecule has 0 saturated carbocycles. The third kappa shape index (κ3) is 8.56. The second kappa shape index (κ2) is 14.6. The van der Waals surface area contributed by atoms with Crippen molar-refractivity contribution in [2.24, 2.45) is 0 Å². The molecule has 0 radical (unpaired) electrons. The Morgan fingerprint density at radius 3 is 2.22 bits per heavy atom. The summed E-state index contributed by atoms with van der Waals surface area (Å²) >= 11 is 1.23. The highest BCUT2D eigenvalue weighted by Gasteiger charge is 2.42. The largest absolute Gasteiger partial charge is 0.443 e. The first-order valence-electron chi connectivity index (χ1n) is 18.5. The van der Waals surface area contributed by atoms with Crippen molar-refractivity contribution in [2.45, 2.75) is 104 Å². The zero-order valence-corrected chi connectivity index (χ0v) is 35.1. The molecule has 2 aliphatic heterocycles. The molecule has 0 bridgehead atoms. The number of rotatable bonds is 3. The number of aromatic nitrogens is 2. The van der Waals surface area contributed by atoms with Crippen molar-refractivity contribution >= 4 is 70.0 Å². The molecule has 1 aromatic carbocycles. The van der Waals surface area contributed by atoms with E-state index in [2.05, 4.69) is 42.1 Å². The Morgan fingerprint density at radius 2 is 1.59 bits per heavy atom. The standard InChI is InChI=1S/C41H51N5O6SSi/c1-25-24-45(38(48)51-40(2,3)4)35-34-29-12-13-30(43-31(29)14-15-32(34)53-36(35)37(47)46(25)39(49)52-41(5,6)7)26-22-27(18-21-54(9,10)11)42-33(23-26)44-19-16-28(50-8)17-20-44/h12-15,22-23,25,28H,16-17,19-20,24H2,1-11H3/t25-/m1/s1. The van der Waals surface area contributed by atoms with Crippen LogP contribution in [0.25, 0.3) is 32.2 Å². The fraction of sp³-hybridized carbons (Fsp3) is 0.488. The van der Waals surface area contributed by atoms with E-state index in [9.17, 15) is 14.4 Å². The predicted molar refractivity (Wildman–Crippen MR) is 218 cm³/mol. The number of methoxy groups -OCH3 is 1. The molecule has 4 aromatic rings. The lowest BCUT2D eigenvalue weighted by atomic mass is 10.0. The van der Waals surface area contributed by atoms with Gasteiger partial charge in [0.25, 0.3) is 5.91 Å². The first kappa shape index (κ1) is 39.2. The third-order valence-electron chi connectivity index (χ3n) is 9.04. The minimum atomic E-state index is -1.67. The number of carbonyl (C=O) groups is 3. The number of fused-ring (bicyclic) bond motifs is 5. The second-order valence-corrected chi connectivity index (χ2v) is 22.9. The molecule has 11 nitrogen and oxygen atoms in total. The molecule has 5 heterocycles. The van der Waals surface area contributed by atoms with Crippen LogP contribution in [0.15, 0.2) is 36.4 Å². The highest BCUT2D eigenvalue weighted by Crippen LogP contribution is 2.45. The van der Waals surface area contributed by atoms with E-state index in [0.717, 1.165) is 58.0 Å². The fourth-order valence-electron chi connectivity index (χ4n) is 6.61. The van der Waals surface area contributed by atoms with Gasteiger partial charge in [0, 0.05) is 41.2 Å². The van der Waals surface area contributed by atoms with Gasteiger partial charge in [-0.05, 0) is 97.7 Å². The van der Waals surface area contributed by atoms with E-state index in [4.69, 9.17) is 24.2 Å². The Kier molecular flexibility index (Phi) is 10.6. The van der Waals surface area contributed by atoms with Gasteiger partial charge < -0.3 is 19.1 Å². The minimum absolute atomic E-state index is 0.0171. The molecule has 0 N–H and O–H groups in total. The zero-order chi connectivity index (χ0) is 39.3. The third-order valence-corrected chi connectivity index (χ3v) is 11.1. The van der Waals surface area contributed by atoms with Gasteiger partial charge in [-0.2, -0.15) is 0 Å². The SMILES string of the molecule is COC1CCN(c2cc(-c3ccc4c(ccc5sc6c(c54)N(C(=O)OC(C)(C)C)C[C@@H](C)N(C(=O)OC(C)(C)C)C6=O)n3)cc(C#C[Si](C)(C)C)n2)CC1. The highest BCUT2D eigenvalue weighted by molar-refractivity contribution is 7.21. The Balaban J connectivity index is 1.49. The lowest BCUT2D eigenvalue weighted by Gasteiger charge is -2.32. The number of pyridine rings is 2. The number of hydrogen-bond acceptors (Lipinski definition) is 10. The molecule has 1 fully saturated rings. The van der Waals surface area contributed by atoms with Gasteiger partial charge in [0.05, 0.1) is 35.6 Å². The van der Waals surface area contributed by atoms with Crippen molar-refractivity contribution < 1.29 is 28.6 Å².